The van der Waals surface area contributed by atoms with Gasteiger partial charge in [-0.1, -0.05) is 18.1 Å². The van der Waals surface area contributed by atoms with Gasteiger partial charge in [0.15, 0.2) is 0 Å². The lowest BCUT2D eigenvalue weighted by Gasteiger charge is -2.08. The first-order chi connectivity index (χ1) is 11.7. The van der Waals surface area contributed by atoms with E-state index in [0.717, 1.165) is 33.9 Å². The molecule has 116 valence electrons. The first kappa shape index (κ1) is 14.1. The highest BCUT2D eigenvalue weighted by Crippen LogP contribution is 2.29. The zero-order valence-corrected chi connectivity index (χ0v) is 12.9. The van der Waals surface area contributed by atoms with Gasteiger partial charge < -0.3 is 16.0 Å². The summed E-state index contributed by atoms with van der Waals surface area (Å²) in [6.07, 6.45) is 7.44. The monoisotopic (exact) mass is 313 g/mol. The number of terminal acetylenes is 1. The Balaban J connectivity index is 1.82. The van der Waals surface area contributed by atoms with Crippen molar-refractivity contribution < 1.29 is 0 Å². The van der Waals surface area contributed by atoms with Gasteiger partial charge in [-0.15, -0.1) is 6.42 Å². The van der Waals surface area contributed by atoms with Crippen LogP contribution in [0.3, 0.4) is 0 Å². The largest absolute Gasteiger partial charge is 0.383 e. The van der Waals surface area contributed by atoms with E-state index in [1.807, 2.05) is 48.7 Å². The van der Waals surface area contributed by atoms with Crippen molar-refractivity contribution in [1.82, 2.24) is 14.5 Å². The lowest BCUT2D eigenvalue weighted by Crippen LogP contribution is -2.01. The smallest absolute Gasteiger partial charge is 0.222 e. The number of fused-ring (bicyclic) bond motifs is 3. The summed E-state index contributed by atoms with van der Waals surface area (Å²) in [5, 5.41) is 1.85. The number of benzene rings is 2. The van der Waals surface area contributed by atoms with Crippen LogP contribution in [0.1, 0.15) is 11.1 Å². The molecule has 0 saturated heterocycles. The first-order valence-electron chi connectivity index (χ1n) is 7.52. The minimum Gasteiger partial charge on any atom is -0.383 e. The lowest BCUT2D eigenvalue weighted by atomic mass is 10.1. The number of hydrogen-bond acceptors (Lipinski definition) is 4. The Hall–Kier alpha value is -3.52. The highest BCUT2D eigenvalue weighted by atomic mass is 15.0. The molecule has 0 aliphatic heterocycles. The molecule has 0 saturated carbocycles. The second-order valence-corrected chi connectivity index (χ2v) is 5.64. The summed E-state index contributed by atoms with van der Waals surface area (Å²) in [6, 6.07) is 14.0. The Morgan fingerprint density at radius 2 is 1.79 bits per heavy atom. The van der Waals surface area contributed by atoms with Gasteiger partial charge in [0.05, 0.1) is 10.9 Å². The lowest BCUT2D eigenvalue weighted by molar-refractivity contribution is 0.837. The van der Waals surface area contributed by atoms with Crippen LogP contribution >= 0.6 is 0 Å². The summed E-state index contributed by atoms with van der Waals surface area (Å²) in [4.78, 5) is 8.34. The van der Waals surface area contributed by atoms with E-state index in [1.165, 1.54) is 5.56 Å². The average molecular weight is 313 g/mol. The zero-order valence-electron chi connectivity index (χ0n) is 12.9. The van der Waals surface area contributed by atoms with Gasteiger partial charge in [0.1, 0.15) is 5.82 Å². The maximum atomic E-state index is 6.06. The molecule has 4 rings (SSSR count). The van der Waals surface area contributed by atoms with E-state index >= 15 is 0 Å². The molecule has 0 radical (unpaired) electrons. The normalized spacial score (nSPS) is 11.0. The van der Waals surface area contributed by atoms with Crippen LogP contribution in [-0.2, 0) is 6.54 Å². The molecular formula is C19H15N5. The average Bonchev–Trinajstić information content (AvgIpc) is 2.98. The number of nitrogens with zero attached hydrogens (tertiary/aromatic N) is 3. The van der Waals surface area contributed by atoms with Crippen molar-refractivity contribution in [3.05, 3.63) is 59.8 Å². The molecule has 0 aliphatic carbocycles. The second kappa shape index (κ2) is 5.28. The molecule has 0 bridgehead atoms. The standard InChI is InChI=1S/C19H15N5/c1-2-12-3-5-13(6-4-12)11-24-10-9-14-16(24)8-7-15-17(14)18(20)23-19(21)22-15/h1,3-10H,11H2,(H4,20,21,22,23). The Bertz CT molecular complexity index is 1100. The van der Waals surface area contributed by atoms with E-state index in [9.17, 15) is 0 Å². The molecule has 24 heavy (non-hydrogen) atoms. The van der Waals surface area contributed by atoms with Crippen molar-refractivity contribution in [2.45, 2.75) is 6.54 Å². The fourth-order valence-corrected chi connectivity index (χ4v) is 2.99. The predicted octanol–water partition coefficient (Wildman–Crippen LogP) is 2.78. The molecule has 0 unspecified atom stereocenters. The number of aromatic nitrogens is 3. The molecule has 4 aromatic rings. The molecule has 0 spiro atoms. The van der Waals surface area contributed by atoms with E-state index in [1.54, 1.807) is 0 Å². The van der Waals surface area contributed by atoms with E-state index in [-0.39, 0.29) is 5.95 Å². The van der Waals surface area contributed by atoms with Gasteiger partial charge in [-0.05, 0) is 35.9 Å². The summed E-state index contributed by atoms with van der Waals surface area (Å²) in [7, 11) is 0. The van der Waals surface area contributed by atoms with Gasteiger partial charge >= 0.3 is 0 Å². The third kappa shape index (κ3) is 2.22. The summed E-state index contributed by atoms with van der Waals surface area (Å²) < 4.78 is 2.16. The number of hydrogen-bond donors (Lipinski definition) is 2. The van der Waals surface area contributed by atoms with Crippen LogP contribution in [0.25, 0.3) is 21.8 Å². The summed E-state index contributed by atoms with van der Waals surface area (Å²) >= 11 is 0. The molecule has 5 nitrogen and oxygen atoms in total. The van der Waals surface area contributed by atoms with Gasteiger partial charge in [-0.3, -0.25) is 0 Å². The van der Waals surface area contributed by atoms with Crippen LogP contribution in [0.15, 0.2) is 48.7 Å². The SMILES string of the molecule is C#Cc1ccc(Cn2ccc3c4c(N)nc(N)nc4ccc32)cc1. The van der Waals surface area contributed by atoms with Gasteiger partial charge in [0.2, 0.25) is 5.95 Å². The van der Waals surface area contributed by atoms with Gasteiger partial charge in [-0.2, -0.15) is 4.98 Å². The number of nitrogen functional groups attached to an aromatic ring is 2. The first-order valence-corrected chi connectivity index (χ1v) is 7.52. The molecular weight excluding hydrogens is 298 g/mol. The third-order valence-electron chi connectivity index (χ3n) is 4.13. The van der Waals surface area contributed by atoms with Crippen LogP contribution in [0.5, 0.6) is 0 Å². The predicted molar refractivity (Wildman–Crippen MR) is 97.3 cm³/mol. The maximum absolute atomic E-state index is 6.06. The van der Waals surface area contributed by atoms with Crippen molar-refractivity contribution in [3.8, 4) is 12.3 Å². The molecule has 0 atom stereocenters. The van der Waals surface area contributed by atoms with Crippen LogP contribution in [0, 0.1) is 12.3 Å². The molecule has 2 aromatic heterocycles. The van der Waals surface area contributed by atoms with Crippen LogP contribution < -0.4 is 11.5 Å². The van der Waals surface area contributed by atoms with E-state index < -0.39 is 0 Å². The van der Waals surface area contributed by atoms with Crippen molar-refractivity contribution in [3.63, 3.8) is 0 Å². The summed E-state index contributed by atoms with van der Waals surface area (Å²) in [5.74, 6) is 3.22. The maximum Gasteiger partial charge on any atom is 0.222 e. The highest BCUT2D eigenvalue weighted by molar-refractivity contribution is 6.10. The van der Waals surface area contributed by atoms with Crippen molar-refractivity contribution in [2.75, 3.05) is 11.5 Å². The van der Waals surface area contributed by atoms with Gasteiger partial charge in [0, 0.05) is 29.2 Å². The van der Waals surface area contributed by atoms with Crippen molar-refractivity contribution in [2.24, 2.45) is 0 Å². The fourth-order valence-electron chi connectivity index (χ4n) is 2.99. The second-order valence-electron chi connectivity index (χ2n) is 5.64. The minimum atomic E-state index is 0.187. The Morgan fingerprint density at radius 1 is 1.00 bits per heavy atom. The fraction of sp³-hybridized carbons (Fsp3) is 0.0526. The Kier molecular flexibility index (Phi) is 3.10. The Morgan fingerprint density at radius 3 is 2.54 bits per heavy atom. The minimum absolute atomic E-state index is 0.187. The number of nitrogens with two attached hydrogens (primary N) is 2. The molecule has 0 amide bonds. The van der Waals surface area contributed by atoms with E-state index in [4.69, 9.17) is 17.9 Å². The Labute approximate surface area is 138 Å². The number of rotatable bonds is 2. The zero-order chi connectivity index (χ0) is 16.7. The summed E-state index contributed by atoms with van der Waals surface area (Å²) in [5.41, 5.74) is 15.6. The molecule has 2 heterocycles. The van der Waals surface area contributed by atoms with E-state index in [0.29, 0.717) is 5.82 Å². The van der Waals surface area contributed by atoms with Crippen molar-refractivity contribution >= 4 is 33.6 Å². The molecule has 5 heteroatoms. The highest BCUT2D eigenvalue weighted by Gasteiger charge is 2.11. The van der Waals surface area contributed by atoms with Crippen LogP contribution in [0.2, 0.25) is 0 Å². The van der Waals surface area contributed by atoms with Gasteiger partial charge in [-0.25, -0.2) is 4.98 Å². The van der Waals surface area contributed by atoms with Gasteiger partial charge in [0.25, 0.3) is 0 Å². The molecule has 2 aromatic carbocycles. The summed E-state index contributed by atoms with van der Waals surface area (Å²) in [6.45, 7) is 0.746. The third-order valence-corrected chi connectivity index (χ3v) is 4.13. The topological polar surface area (TPSA) is 82.8 Å². The van der Waals surface area contributed by atoms with Crippen molar-refractivity contribution in [1.29, 1.82) is 0 Å². The van der Waals surface area contributed by atoms with Crippen LogP contribution in [-0.4, -0.2) is 14.5 Å². The molecule has 0 fully saturated rings. The molecule has 4 N–H and O–H groups in total. The number of anilines is 2. The quantitative estimate of drug-likeness (QED) is 0.557. The molecule has 0 aliphatic rings. The van der Waals surface area contributed by atoms with E-state index in [2.05, 4.69) is 20.5 Å². The van der Waals surface area contributed by atoms with Crippen LogP contribution in [0.4, 0.5) is 11.8 Å².